The number of benzene rings is 1. The van der Waals surface area contributed by atoms with E-state index in [1.807, 2.05) is 11.8 Å². The summed E-state index contributed by atoms with van der Waals surface area (Å²) in [5, 5.41) is 3.50. The molecular formula is C15H25NS. The highest BCUT2D eigenvalue weighted by atomic mass is 32.2. The molecule has 0 unspecified atom stereocenters. The van der Waals surface area contributed by atoms with Gasteiger partial charge in [0, 0.05) is 11.4 Å². The van der Waals surface area contributed by atoms with E-state index in [2.05, 4.69) is 44.3 Å². The van der Waals surface area contributed by atoms with Crippen LogP contribution < -0.4 is 5.32 Å². The van der Waals surface area contributed by atoms with Crippen LogP contribution in [0.25, 0.3) is 0 Å². The molecule has 0 radical (unpaired) electrons. The van der Waals surface area contributed by atoms with Gasteiger partial charge < -0.3 is 5.32 Å². The molecule has 0 saturated carbocycles. The van der Waals surface area contributed by atoms with Crippen molar-refractivity contribution >= 4 is 11.8 Å². The Morgan fingerprint density at radius 3 is 2.71 bits per heavy atom. The molecule has 1 N–H and O–H groups in total. The van der Waals surface area contributed by atoms with E-state index in [9.17, 15) is 0 Å². The van der Waals surface area contributed by atoms with Gasteiger partial charge in [-0.05, 0) is 43.7 Å². The third kappa shape index (κ3) is 5.60. The molecule has 0 fully saturated rings. The van der Waals surface area contributed by atoms with Gasteiger partial charge in [-0.1, -0.05) is 38.0 Å². The fraction of sp³-hybridized carbons (Fsp3) is 0.600. The van der Waals surface area contributed by atoms with Crippen LogP contribution in [-0.2, 0) is 6.54 Å². The van der Waals surface area contributed by atoms with Crippen LogP contribution in [0.15, 0.2) is 23.1 Å². The van der Waals surface area contributed by atoms with Gasteiger partial charge in [-0.2, -0.15) is 0 Å². The zero-order valence-electron chi connectivity index (χ0n) is 11.4. The van der Waals surface area contributed by atoms with Crippen molar-refractivity contribution in [3.05, 3.63) is 29.3 Å². The molecule has 2 heteroatoms. The molecule has 0 aliphatic carbocycles. The Morgan fingerprint density at radius 2 is 2.00 bits per heavy atom. The van der Waals surface area contributed by atoms with E-state index >= 15 is 0 Å². The van der Waals surface area contributed by atoms with Crippen molar-refractivity contribution in [1.29, 1.82) is 0 Å². The van der Waals surface area contributed by atoms with Gasteiger partial charge >= 0.3 is 0 Å². The van der Waals surface area contributed by atoms with Crippen molar-refractivity contribution in [3.8, 4) is 0 Å². The number of nitrogens with one attached hydrogen (secondary N) is 1. The average molecular weight is 251 g/mol. The molecule has 0 heterocycles. The maximum Gasteiger partial charge on any atom is 0.0216 e. The Bertz CT molecular complexity index is 323. The van der Waals surface area contributed by atoms with Crippen molar-refractivity contribution in [3.63, 3.8) is 0 Å². The maximum atomic E-state index is 3.50. The molecule has 1 aromatic rings. The van der Waals surface area contributed by atoms with E-state index in [0.29, 0.717) is 0 Å². The number of hydrogen-bond acceptors (Lipinski definition) is 2. The third-order valence-corrected chi connectivity index (χ3v) is 3.92. The lowest BCUT2D eigenvalue weighted by molar-refractivity contribution is 0.669. The van der Waals surface area contributed by atoms with Crippen LogP contribution in [0.2, 0.25) is 0 Å². The summed E-state index contributed by atoms with van der Waals surface area (Å²) in [6.07, 6.45) is 3.78. The zero-order chi connectivity index (χ0) is 12.5. The lowest BCUT2D eigenvalue weighted by Gasteiger charge is -2.11. The topological polar surface area (TPSA) is 12.0 Å². The van der Waals surface area contributed by atoms with Crippen molar-refractivity contribution in [2.75, 3.05) is 12.3 Å². The first-order valence-electron chi connectivity index (χ1n) is 6.71. The fourth-order valence-corrected chi connectivity index (χ4v) is 2.85. The van der Waals surface area contributed by atoms with Crippen molar-refractivity contribution < 1.29 is 0 Å². The van der Waals surface area contributed by atoms with Crippen LogP contribution >= 0.6 is 11.8 Å². The van der Waals surface area contributed by atoms with Crippen LogP contribution in [-0.4, -0.2) is 12.3 Å². The summed E-state index contributed by atoms with van der Waals surface area (Å²) in [4.78, 5) is 1.45. The summed E-state index contributed by atoms with van der Waals surface area (Å²) in [6.45, 7) is 8.74. The quantitative estimate of drug-likeness (QED) is 0.543. The molecule has 1 nitrogen and oxygen atoms in total. The highest BCUT2D eigenvalue weighted by Gasteiger charge is 2.03. The Hall–Kier alpha value is -0.470. The SMILES string of the molecule is CCCCSc1ccc(C)cc1CNCCC. The number of unbranched alkanes of at least 4 members (excludes halogenated alkanes) is 1. The molecule has 0 spiro atoms. The Balaban J connectivity index is 2.59. The van der Waals surface area contributed by atoms with E-state index < -0.39 is 0 Å². The normalized spacial score (nSPS) is 10.8. The average Bonchev–Trinajstić information content (AvgIpc) is 2.32. The molecule has 0 aliphatic heterocycles. The molecule has 17 heavy (non-hydrogen) atoms. The van der Waals surface area contributed by atoms with E-state index in [0.717, 1.165) is 13.1 Å². The van der Waals surface area contributed by atoms with Crippen LogP contribution in [0.4, 0.5) is 0 Å². The number of rotatable bonds is 8. The maximum absolute atomic E-state index is 3.50. The highest BCUT2D eigenvalue weighted by molar-refractivity contribution is 7.99. The van der Waals surface area contributed by atoms with Crippen molar-refractivity contribution in [2.45, 2.75) is 51.5 Å². The summed E-state index contributed by atoms with van der Waals surface area (Å²) in [5.41, 5.74) is 2.82. The first-order chi connectivity index (χ1) is 8.27. The van der Waals surface area contributed by atoms with Crippen molar-refractivity contribution in [1.82, 2.24) is 5.32 Å². The minimum atomic E-state index is 1.00. The molecule has 0 amide bonds. The fourth-order valence-electron chi connectivity index (χ4n) is 1.71. The minimum absolute atomic E-state index is 1.00. The molecule has 0 atom stereocenters. The molecular weight excluding hydrogens is 226 g/mol. The Kier molecular flexibility index (Phi) is 7.38. The van der Waals surface area contributed by atoms with Crippen LogP contribution in [0.3, 0.4) is 0 Å². The monoisotopic (exact) mass is 251 g/mol. The van der Waals surface area contributed by atoms with E-state index in [-0.39, 0.29) is 0 Å². The summed E-state index contributed by atoms with van der Waals surface area (Å²) >= 11 is 2.00. The molecule has 96 valence electrons. The Labute approximate surface area is 110 Å². The second kappa shape index (κ2) is 8.60. The van der Waals surface area contributed by atoms with Gasteiger partial charge in [-0.25, -0.2) is 0 Å². The first-order valence-corrected chi connectivity index (χ1v) is 7.69. The van der Waals surface area contributed by atoms with Crippen LogP contribution in [0, 0.1) is 6.92 Å². The number of hydrogen-bond donors (Lipinski definition) is 1. The summed E-state index contributed by atoms with van der Waals surface area (Å²) in [7, 11) is 0. The lowest BCUT2D eigenvalue weighted by Crippen LogP contribution is -2.14. The first kappa shape index (κ1) is 14.6. The third-order valence-electron chi connectivity index (χ3n) is 2.71. The van der Waals surface area contributed by atoms with Gasteiger partial charge in [0.05, 0.1) is 0 Å². The lowest BCUT2D eigenvalue weighted by atomic mass is 10.1. The molecule has 0 saturated heterocycles. The largest absolute Gasteiger partial charge is 0.313 e. The summed E-state index contributed by atoms with van der Waals surface area (Å²) < 4.78 is 0. The van der Waals surface area contributed by atoms with Gasteiger partial charge in [0.15, 0.2) is 0 Å². The minimum Gasteiger partial charge on any atom is -0.313 e. The smallest absolute Gasteiger partial charge is 0.0216 e. The van der Waals surface area contributed by atoms with Crippen LogP contribution in [0.1, 0.15) is 44.2 Å². The predicted octanol–water partition coefficient (Wildman–Crippen LogP) is 4.39. The molecule has 0 aliphatic rings. The zero-order valence-corrected chi connectivity index (χ0v) is 12.2. The molecule has 0 bridgehead atoms. The summed E-state index contributed by atoms with van der Waals surface area (Å²) in [5.74, 6) is 1.24. The standard InChI is InChI=1S/C15H25NS/c1-4-6-10-17-15-8-7-13(3)11-14(15)12-16-9-5-2/h7-8,11,16H,4-6,9-10,12H2,1-3H3. The van der Waals surface area contributed by atoms with Gasteiger partial charge in [-0.15, -0.1) is 11.8 Å². The predicted molar refractivity (Wildman–Crippen MR) is 78.8 cm³/mol. The number of aryl methyl sites for hydroxylation is 1. The van der Waals surface area contributed by atoms with E-state index in [1.54, 1.807) is 0 Å². The van der Waals surface area contributed by atoms with E-state index in [1.165, 1.54) is 41.0 Å². The van der Waals surface area contributed by atoms with Crippen LogP contribution in [0.5, 0.6) is 0 Å². The number of thioether (sulfide) groups is 1. The molecule has 1 aromatic carbocycles. The van der Waals surface area contributed by atoms with Gasteiger partial charge in [-0.3, -0.25) is 0 Å². The van der Waals surface area contributed by atoms with Gasteiger partial charge in [0.2, 0.25) is 0 Å². The van der Waals surface area contributed by atoms with Gasteiger partial charge in [0.1, 0.15) is 0 Å². The van der Waals surface area contributed by atoms with Gasteiger partial charge in [0.25, 0.3) is 0 Å². The second-order valence-corrected chi connectivity index (χ2v) is 5.63. The highest BCUT2D eigenvalue weighted by Crippen LogP contribution is 2.24. The summed E-state index contributed by atoms with van der Waals surface area (Å²) in [6, 6.07) is 6.81. The van der Waals surface area contributed by atoms with Crippen molar-refractivity contribution in [2.24, 2.45) is 0 Å². The molecule has 1 rings (SSSR count). The van der Waals surface area contributed by atoms with E-state index in [4.69, 9.17) is 0 Å². The Morgan fingerprint density at radius 1 is 1.18 bits per heavy atom. The molecule has 0 aromatic heterocycles. The second-order valence-electron chi connectivity index (χ2n) is 4.49.